The van der Waals surface area contributed by atoms with E-state index in [1.807, 2.05) is 29.2 Å². The fourth-order valence-corrected chi connectivity index (χ4v) is 4.32. The van der Waals surface area contributed by atoms with E-state index in [1.54, 1.807) is 6.20 Å². The van der Waals surface area contributed by atoms with Crippen LogP contribution in [0.25, 0.3) is 10.8 Å². The number of hydrogen-bond donors (Lipinski definition) is 1. The van der Waals surface area contributed by atoms with Gasteiger partial charge >= 0.3 is 6.03 Å². The van der Waals surface area contributed by atoms with Gasteiger partial charge in [-0.2, -0.15) is 0 Å². The van der Waals surface area contributed by atoms with Crippen LogP contribution in [0.1, 0.15) is 43.5 Å². The molecule has 3 aromatic rings. The third-order valence-electron chi connectivity index (χ3n) is 6.12. The van der Waals surface area contributed by atoms with Crippen LogP contribution < -0.4 is 5.32 Å². The second-order valence-electron chi connectivity index (χ2n) is 8.14. The van der Waals surface area contributed by atoms with Crippen molar-refractivity contribution in [3.8, 4) is 0 Å². The molecule has 1 unspecified atom stereocenters. The van der Waals surface area contributed by atoms with E-state index in [1.165, 1.54) is 17.2 Å². The number of carbonyl (C=O) groups is 1. The number of hydrogen-bond acceptors (Lipinski definition) is 3. The molecule has 2 amide bonds. The first-order valence-corrected chi connectivity index (χ1v) is 10.8. The Balaban J connectivity index is 1.64. The molecule has 0 aliphatic carbocycles. The zero-order valence-corrected chi connectivity index (χ0v) is 17.8. The zero-order valence-electron chi connectivity index (χ0n) is 17.8. The maximum Gasteiger partial charge on any atom is 0.319 e. The van der Waals surface area contributed by atoms with Gasteiger partial charge in [0, 0.05) is 6.20 Å². The van der Waals surface area contributed by atoms with Gasteiger partial charge < -0.3 is 10.2 Å². The Morgan fingerprint density at radius 2 is 1.93 bits per heavy atom. The molecular weight excluding hydrogens is 372 g/mol. The molecule has 1 fully saturated rings. The Labute approximate surface area is 178 Å². The van der Waals surface area contributed by atoms with Gasteiger partial charge in [-0.25, -0.2) is 4.79 Å². The Morgan fingerprint density at radius 3 is 2.73 bits per heavy atom. The summed E-state index contributed by atoms with van der Waals surface area (Å²) in [4.78, 5) is 22.1. The summed E-state index contributed by atoms with van der Waals surface area (Å²) in [5.41, 5.74) is 2.04. The van der Waals surface area contributed by atoms with Gasteiger partial charge in [0.2, 0.25) is 0 Å². The largest absolute Gasteiger partial charge is 0.322 e. The first-order chi connectivity index (χ1) is 14.6. The number of amides is 2. The SMILES string of the molecule is C[C@H](c1cccc2ccccc12)N(Cc1ccccn1)C(=O)NC1CCCCN1C. The van der Waals surface area contributed by atoms with Crippen LogP contribution in [0.3, 0.4) is 0 Å². The van der Waals surface area contributed by atoms with Crippen molar-refractivity contribution in [3.05, 3.63) is 78.1 Å². The van der Waals surface area contributed by atoms with E-state index in [0.717, 1.165) is 30.6 Å². The molecular formula is C25H30N4O. The monoisotopic (exact) mass is 402 g/mol. The van der Waals surface area contributed by atoms with Crippen LogP contribution in [0.2, 0.25) is 0 Å². The summed E-state index contributed by atoms with van der Waals surface area (Å²) in [5, 5.41) is 5.64. The van der Waals surface area contributed by atoms with Crippen LogP contribution in [0.15, 0.2) is 66.9 Å². The zero-order chi connectivity index (χ0) is 20.9. The molecule has 0 radical (unpaired) electrons. The van der Waals surface area contributed by atoms with Gasteiger partial charge in [-0.15, -0.1) is 0 Å². The maximum atomic E-state index is 13.5. The Bertz CT molecular complexity index is 985. The topological polar surface area (TPSA) is 48.5 Å². The molecule has 4 rings (SSSR count). The van der Waals surface area contributed by atoms with E-state index < -0.39 is 0 Å². The fourth-order valence-electron chi connectivity index (χ4n) is 4.32. The van der Waals surface area contributed by atoms with Gasteiger partial charge in [-0.1, -0.05) is 48.5 Å². The highest BCUT2D eigenvalue weighted by molar-refractivity contribution is 5.86. The van der Waals surface area contributed by atoms with Gasteiger partial charge in [0.25, 0.3) is 0 Å². The lowest BCUT2D eigenvalue weighted by molar-refractivity contribution is 0.128. The molecule has 2 heterocycles. The summed E-state index contributed by atoms with van der Waals surface area (Å²) < 4.78 is 0. The molecule has 5 nitrogen and oxygen atoms in total. The van der Waals surface area contributed by atoms with Crippen molar-refractivity contribution in [2.24, 2.45) is 0 Å². The molecule has 0 spiro atoms. The number of carbonyl (C=O) groups excluding carboxylic acids is 1. The number of aromatic nitrogens is 1. The molecule has 1 saturated heterocycles. The number of likely N-dealkylation sites (tertiary alicyclic amines) is 1. The highest BCUT2D eigenvalue weighted by Gasteiger charge is 2.27. The van der Waals surface area contributed by atoms with Crippen LogP contribution in [-0.2, 0) is 6.54 Å². The van der Waals surface area contributed by atoms with Crippen LogP contribution in [0.5, 0.6) is 0 Å². The lowest BCUT2D eigenvalue weighted by Crippen LogP contribution is -2.53. The molecule has 30 heavy (non-hydrogen) atoms. The number of urea groups is 1. The predicted octanol–water partition coefficient (Wildman–Crippen LogP) is 4.95. The Morgan fingerprint density at radius 1 is 1.13 bits per heavy atom. The van der Waals surface area contributed by atoms with E-state index in [9.17, 15) is 4.79 Å². The van der Waals surface area contributed by atoms with Gasteiger partial charge in [0.05, 0.1) is 24.4 Å². The van der Waals surface area contributed by atoms with E-state index in [4.69, 9.17) is 0 Å². The standard InChI is InChI=1S/C25H30N4O/c1-19(22-14-9-11-20-10-3-4-13-23(20)22)29(18-21-12-5-7-16-26-21)25(30)27-24-15-6-8-17-28(24)2/h3-5,7,9-14,16,19,24H,6,8,15,17-18H2,1-2H3,(H,27,30)/t19-,24?/m1/s1. The fraction of sp³-hybridized carbons (Fsp3) is 0.360. The summed E-state index contributed by atoms with van der Waals surface area (Å²) in [5.74, 6) is 0. The summed E-state index contributed by atoms with van der Waals surface area (Å²) in [6.45, 7) is 3.59. The van der Waals surface area contributed by atoms with Crippen molar-refractivity contribution in [1.29, 1.82) is 0 Å². The van der Waals surface area contributed by atoms with Crippen molar-refractivity contribution >= 4 is 16.8 Å². The number of nitrogens with zero attached hydrogens (tertiary/aromatic N) is 3. The normalized spacial score (nSPS) is 18.1. The Hall–Kier alpha value is -2.92. The molecule has 1 N–H and O–H groups in total. The van der Waals surface area contributed by atoms with Crippen molar-refractivity contribution in [3.63, 3.8) is 0 Å². The first kappa shape index (κ1) is 20.4. The molecule has 5 heteroatoms. The van der Waals surface area contributed by atoms with Crippen molar-refractivity contribution < 1.29 is 4.79 Å². The number of benzene rings is 2. The minimum Gasteiger partial charge on any atom is -0.322 e. The number of fused-ring (bicyclic) bond motifs is 1. The molecule has 2 atom stereocenters. The summed E-state index contributed by atoms with van der Waals surface area (Å²) in [7, 11) is 2.08. The second kappa shape index (κ2) is 9.26. The van der Waals surface area contributed by atoms with Crippen LogP contribution >= 0.6 is 0 Å². The van der Waals surface area contributed by atoms with Crippen molar-refractivity contribution in [1.82, 2.24) is 20.1 Å². The lowest BCUT2D eigenvalue weighted by Gasteiger charge is -2.36. The predicted molar refractivity (Wildman–Crippen MR) is 121 cm³/mol. The number of rotatable bonds is 5. The van der Waals surface area contributed by atoms with Gasteiger partial charge in [-0.3, -0.25) is 9.88 Å². The maximum absolute atomic E-state index is 13.5. The smallest absolute Gasteiger partial charge is 0.319 e. The number of piperidine rings is 1. The van der Waals surface area contributed by atoms with Gasteiger partial charge in [0.1, 0.15) is 0 Å². The van der Waals surface area contributed by atoms with E-state index in [-0.39, 0.29) is 18.2 Å². The summed E-state index contributed by atoms with van der Waals surface area (Å²) in [6.07, 6.45) is 5.18. The minimum atomic E-state index is -0.0907. The van der Waals surface area contributed by atoms with Crippen molar-refractivity contribution in [2.75, 3.05) is 13.6 Å². The number of pyridine rings is 1. The highest BCUT2D eigenvalue weighted by atomic mass is 16.2. The average molecular weight is 403 g/mol. The quantitative estimate of drug-likeness (QED) is 0.657. The molecule has 1 aliphatic heterocycles. The van der Waals surface area contributed by atoms with Gasteiger partial charge in [0.15, 0.2) is 0 Å². The van der Waals surface area contributed by atoms with Crippen LogP contribution in [0, 0.1) is 0 Å². The van der Waals surface area contributed by atoms with E-state index >= 15 is 0 Å². The molecule has 1 aromatic heterocycles. The van der Waals surface area contributed by atoms with E-state index in [2.05, 4.69) is 65.6 Å². The second-order valence-corrected chi connectivity index (χ2v) is 8.14. The Kier molecular flexibility index (Phi) is 6.29. The molecule has 0 saturated carbocycles. The molecule has 0 bridgehead atoms. The lowest BCUT2D eigenvalue weighted by atomic mass is 9.98. The first-order valence-electron chi connectivity index (χ1n) is 10.8. The highest BCUT2D eigenvalue weighted by Crippen LogP contribution is 2.29. The number of nitrogens with one attached hydrogen (secondary N) is 1. The third kappa shape index (κ3) is 4.46. The summed E-state index contributed by atoms with van der Waals surface area (Å²) in [6, 6.07) is 20.4. The van der Waals surface area contributed by atoms with Crippen molar-refractivity contribution in [2.45, 2.75) is 44.9 Å². The minimum absolute atomic E-state index is 0.0418. The van der Waals surface area contributed by atoms with Crippen LogP contribution in [-0.4, -0.2) is 40.6 Å². The molecule has 1 aliphatic rings. The molecule has 2 aromatic carbocycles. The third-order valence-corrected chi connectivity index (χ3v) is 6.12. The summed E-state index contributed by atoms with van der Waals surface area (Å²) >= 11 is 0. The molecule has 156 valence electrons. The van der Waals surface area contributed by atoms with E-state index in [0.29, 0.717) is 6.54 Å². The average Bonchev–Trinajstić information content (AvgIpc) is 2.79. The van der Waals surface area contributed by atoms with Gasteiger partial charge in [-0.05, 0) is 68.2 Å². The van der Waals surface area contributed by atoms with Crippen LogP contribution in [0.4, 0.5) is 4.79 Å².